The van der Waals surface area contributed by atoms with Crippen LogP contribution < -0.4 is 0 Å². The van der Waals surface area contributed by atoms with Crippen LogP contribution in [0, 0.1) is 5.92 Å². The maximum atomic E-state index is 12.2. The van der Waals surface area contributed by atoms with E-state index in [0.29, 0.717) is 13.2 Å². The van der Waals surface area contributed by atoms with Gasteiger partial charge in [-0.2, -0.15) is 0 Å². The summed E-state index contributed by atoms with van der Waals surface area (Å²) in [5.74, 6) is -2.43. The third-order valence-corrected chi connectivity index (χ3v) is 4.59. The van der Waals surface area contributed by atoms with Crippen LogP contribution >= 0.6 is 0 Å². The highest BCUT2D eigenvalue weighted by molar-refractivity contribution is 6.09. The summed E-state index contributed by atoms with van der Waals surface area (Å²) >= 11 is 0. The lowest BCUT2D eigenvalue weighted by atomic mass is 9.98. The molecule has 0 saturated carbocycles. The Labute approximate surface area is 166 Å². The largest absolute Gasteiger partial charge is 0.465 e. The summed E-state index contributed by atoms with van der Waals surface area (Å²) in [6, 6.07) is 9.96. The van der Waals surface area contributed by atoms with Crippen LogP contribution in [0.4, 0.5) is 0 Å². The van der Waals surface area contributed by atoms with Gasteiger partial charge in [0.1, 0.15) is 0 Å². The highest BCUT2D eigenvalue weighted by Gasteiger charge is 2.30. The number of ether oxygens (including phenoxy) is 3. The maximum Gasteiger partial charge on any atom is 0.325 e. The summed E-state index contributed by atoms with van der Waals surface area (Å²) in [4.78, 5) is 31.2. The fourth-order valence-corrected chi connectivity index (χ4v) is 3.29. The quantitative estimate of drug-likeness (QED) is 0.366. The average molecular weight is 390 g/mol. The summed E-state index contributed by atoms with van der Waals surface area (Å²) in [6.45, 7) is 8.72. The Balaban J connectivity index is 2.22. The molecule has 2 rings (SSSR count). The van der Waals surface area contributed by atoms with Crippen molar-refractivity contribution in [3.63, 3.8) is 0 Å². The van der Waals surface area contributed by atoms with Crippen molar-refractivity contribution in [3.8, 4) is 0 Å². The van der Waals surface area contributed by atoms with Crippen LogP contribution in [0.1, 0.15) is 32.4 Å². The zero-order valence-electron chi connectivity index (χ0n) is 16.9. The van der Waals surface area contributed by atoms with Crippen LogP contribution in [0.5, 0.6) is 0 Å². The number of morpholine rings is 1. The first-order chi connectivity index (χ1) is 13.6. The van der Waals surface area contributed by atoms with Crippen molar-refractivity contribution in [1.82, 2.24) is 4.90 Å². The van der Waals surface area contributed by atoms with Gasteiger partial charge in [0.25, 0.3) is 0 Å². The molecule has 0 unspecified atom stereocenters. The van der Waals surface area contributed by atoms with Gasteiger partial charge in [-0.15, -0.1) is 0 Å². The van der Waals surface area contributed by atoms with Gasteiger partial charge in [0.2, 0.25) is 0 Å². The summed E-state index contributed by atoms with van der Waals surface area (Å²) < 4.78 is 15.5. The second-order valence-corrected chi connectivity index (χ2v) is 6.52. The Morgan fingerprint density at radius 3 is 2.21 bits per heavy atom. The van der Waals surface area contributed by atoms with Gasteiger partial charge < -0.3 is 14.2 Å². The van der Waals surface area contributed by atoms with Crippen molar-refractivity contribution in [3.05, 3.63) is 35.9 Å². The predicted octanol–water partition coefficient (Wildman–Crippen LogP) is 2.26. The van der Waals surface area contributed by atoms with E-state index in [9.17, 15) is 9.59 Å². The van der Waals surface area contributed by atoms with Crippen molar-refractivity contribution in [2.24, 2.45) is 10.9 Å². The van der Waals surface area contributed by atoms with Crippen molar-refractivity contribution in [1.29, 1.82) is 0 Å². The zero-order chi connectivity index (χ0) is 20.4. The molecule has 1 aromatic carbocycles. The molecular weight excluding hydrogens is 360 g/mol. The number of carbonyl (C=O) groups is 2. The first kappa shape index (κ1) is 22.0. The molecule has 0 aliphatic carbocycles. The third kappa shape index (κ3) is 6.14. The van der Waals surface area contributed by atoms with Crippen LogP contribution in [-0.2, 0) is 23.8 Å². The van der Waals surface area contributed by atoms with Crippen LogP contribution in [0.15, 0.2) is 35.3 Å². The van der Waals surface area contributed by atoms with E-state index in [1.165, 1.54) is 6.21 Å². The fourth-order valence-electron chi connectivity index (χ4n) is 3.29. The Hall–Kier alpha value is -2.25. The molecule has 28 heavy (non-hydrogen) atoms. The fraction of sp³-hybridized carbons (Fsp3) is 0.571. The smallest absolute Gasteiger partial charge is 0.325 e. The highest BCUT2D eigenvalue weighted by Crippen LogP contribution is 2.27. The Morgan fingerprint density at radius 2 is 1.68 bits per heavy atom. The van der Waals surface area contributed by atoms with E-state index in [1.807, 2.05) is 25.1 Å². The molecule has 1 fully saturated rings. The predicted molar refractivity (Wildman–Crippen MR) is 106 cm³/mol. The van der Waals surface area contributed by atoms with Gasteiger partial charge in [-0.3, -0.25) is 19.5 Å². The Bertz CT molecular complexity index is 625. The molecule has 1 saturated heterocycles. The van der Waals surface area contributed by atoms with Crippen LogP contribution in [0.2, 0.25) is 0 Å². The first-order valence-corrected chi connectivity index (χ1v) is 9.81. The zero-order valence-corrected chi connectivity index (χ0v) is 16.9. The molecule has 7 heteroatoms. The van der Waals surface area contributed by atoms with Gasteiger partial charge in [-0.1, -0.05) is 30.3 Å². The minimum atomic E-state index is -1.15. The number of hydrogen-bond donors (Lipinski definition) is 0. The molecule has 0 bridgehead atoms. The topological polar surface area (TPSA) is 77.4 Å². The molecule has 0 N–H and O–H groups in total. The number of benzene rings is 1. The number of esters is 2. The van der Waals surface area contributed by atoms with E-state index in [4.69, 9.17) is 14.2 Å². The number of rotatable bonds is 9. The number of hydrogen-bond acceptors (Lipinski definition) is 7. The van der Waals surface area contributed by atoms with E-state index in [0.717, 1.165) is 18.7 Å². The molecule has 154 valence electrons. The van der Waals surface area contributed by atoms with Crippen LogP contribution in [-0.4, -0.2) is 68.6 Å². The SMILES string of the molecule is CCOC(=O)C(C=N[C@H](C)[C@@H](c1ccccc1)N1CCOCC1)C(=O)OCC. The van der Waals surface area contributed by atoms with E-state index in [-0.39, 0.29) is 25.3 Å². The van der Waals surface area contributed by atoms with Gasteiger partial charge in [0.05, 0.1) is 38.5 Å². The molecule has 1 heterocycles. The van der Waals surface area contributed by atoms with Crippen molar-refractivity contribution in [2.45, 2.75) is 32.9 Å². The molecule has 1 aliphatic rings. The number of aliphatic imine (C=N–C) groups is 1. The number of carbonyl (C=O) groups excluding carboxylic acids is 2. The van der Waals surface area contributed by atoms with Crippen molar-refractivity contribution >= 4 is 18.2 Å². The Morgan fingerprint density at radius 1 is 1.11 bits per heavy atom. The normalized spacial score (nSPS) is 17.4. The summed E-state index contributed by atoms with van der Waals surface area (Å²) in [6.07, 6.45) is 1.37. The molecule has 0 spiro atoms. The van der Waals surface area contributed by atoms with E-state index in [2.05, 4.69) is 22.0 Å². The molecule has 0 aromatic heterocycles. The van der Waals surface area contributed by atoms with E-state index in [1.54, 1.807) is 13.8 Å². The van der Waals surface area contributed by atoms with Gasteiger partial charge in [0.15, 0.2) is 5.92 Å². The second-order valence-electron chi connectivity index (χ2n) is 6.52. The second kappa shape index (κ2) is 11.6. The van der Waals surface area contributed by atoms with Crippen LogP contribution in [0.3, 0.4) is 0 Å². The van der Waals surface area contributed by atoms with E-state index >= 15 is 0 Å². The number of nitrogens with zero attached hydrogens (tertiary/aromatic N) is 2. The molecule has 0 amide bonds. The monoisotopic (exact) mass is 390 g/mol. The van der Waals surface area contributed by atoms with Crippen molar-refractivity contribution in [2.75, 3.05) is 39.5 Å². The van der Waals surface area contributed by atoms with Gasteiger partial charge >= 0.3 is 11.9 Å². The van der Waals surface area contributed by atoms with Gasteiger partial charge in [0, 0.05) is 19.3 Å². The highest BCUT2D eigenvalue weighted by atomic mass is 16.6. The standard InChI is InChI=1S/C21H30N2O5/c1-4-27-20(24)18(21(25)28-5-2)15-22-16(3)19(17-9-7-6-8-10-17)23-11-13-26-14-12-23/h6-10,15-16,18-19H,4-5,11-14H2,1-3H3/t16-,19+/m1/s1. The Kier molecular flexibility index (Phi) is 9.10. The van der Waals surface area contributed by atoms with Gasteiger partial charge in [-0.25, -0.2) is 0 Å². The lowest BCUT2D eigenvalue weighted by Crippen LogP contribution is -2.42. The summed E-state index contributed by atoms with van der Waals surface area (Å²) in [5, 5.41) is 0. The lowest BCUT2D eigenvalue weighted by molar-refractivity contribution is -0.157. The lowest BCUT2D eigenvalue weighted by Gasteiger charge is -2.37. The molecular formula is C21H30N2O5. The third-order valence-electron chi connectivity index (χ3n) is 4.59. The summed E-state index contributed by atoms with van der Waals surface area (Å²) in [5.41, 5.74) is 1.14. The minimum absolute atomic E-state index is 0.0198. The van der Waals surface area contributed by atoms with Gasteiger partial charge in [-0.05, 0) is 26.3 Å². The first-order valence-electron chi connectivity index (χ1n) is 9.81. The van der Waals surface area contributed by atoms with Crippen molar-refractivity contribution < 1.29 is 23.8 Å². The van der Waals surface area contributed by atoms with E-state index < -0.39 is 17.9 Å². The minimum Gasteiger partial charge on any atom is -0.465 e. The molecule has 0 radical (unpaired) electrons. The maximum absolute atomic E-state index is 12.2. The average Bonchev–Trinajstić information content (AvgIpc) is 2.70. The molecule has 7 nitrogen and oxygen atoms in total. The molecule has 1 aliphatic heterocycles. The molecule has 1 aromatic rings. The summed E-state index contributed by atoms with van der Waals surface area (Å²) in [7, 11) is 0. The molecule has 2 atom stereocenters. The van der Waals surface area contributed by atoms with Crippen LogP contribution in [0.25, 0.3) is 0 Å².